The van der Waals surface area contributed by atoms with Crippen molar-refractivity contribution >= 4 is 114 Å². The van der Waals surface area contributed by atoms with Gasteiger partial charge in [0.2, 0.25) is 0 Å². The number of benzene rings is 2. The molecule has 0 aliphatic carbocycles. The number of halogens is 6. The van der Waals surface area contributed by atoms with Crippen molar-refractivity contribution in [1.29, 1.82) is 0 Å². The Labute approximate surface area is 201 Å². The summed E-state index contributed by atoms with van der Waals surface area (Å²) in [5.41, 5.74) is -1.09. The standard InChI is InChI=1S/C14H4Cl6N2O6S2/c15-5-1-9(19)11(3-7(5)17)21(29(25)26)13(23)14(24)22(30(27)28)12-4-8(18)6(16)2-10(12)20/h1-4H/q+2. The number of carbonyl (C=O) groups is 2. The van der Waals surface area contributed by atoms with Crippen LogP contribution in [0.4, 0.5) is 11.4 Å². The Balaban J connectivity index is 2.73. The van der Waals surface area contributed by atoms with Crippen LogP contribution in [0.1, 0.15) is 0 Å². The van der Waals surface area contributed by atoms with E-state index in [1.54, 1.807) is 0 Å². The Morgan fingerprint density at radius 2 is 0.800 bits per heavy atom. The predicted molar refractivity (Wildman–Crippen MR) is 111 cm³/mol. The predicted octanol–water partition coefficient (Wildman–Crippen LogP) is 4.77. The van der Waals surface area contributed by atoms with E-state index in [-0.39, 0.29) is 38.0 Å². The molecule has 8 nitrogen and oxygen atoms in total. The maximum Gasteiger partial charge on any atom is 0.554 e. The van der Waals surface area contributed by atoms with Crippen LogP contribution in [0.25, 0.3) is 0 Å². The molecule has 0 spiro atoms. The van der Waals surface area contributed by atoms with Crippen LogP contribution in [0.15, 0.2) is 24.3 Å². The summed E-state index contributed by atoms with van der Waals surface area (Å²) in [6.45, 7) is 0. The van der Waals surface area contributed by atoms with Crippen LogP contribution in [-0.2, 0) is 30.6 Å². The van der Waals surface area contributed by atoms with Gasteiger partial charge in [0.1, 0.15) is 10.0 Å². The molecule has 16 heteroatoms. The van der Waals surface area contributed by atoms with Gasteiger partial charge in [0, 0.05) is 20.0 Å². The molecule has 2 amide bonds. The van der Waals surface area contributed by atoms with Crippen molar-refractivity contribution in [3.05, 3.63) is 54.4 Å². The summed E-state index contributed by atoms with van der Waals surface area (Å²) in [5, 5.41) is -1.24. The third-order valence-corrected chi connectivity index (χ3v) is 6.64. The highest BCUT2D eigenvalue weighted by Crippen LogP contribution is 2.36. The fourth-order valence-corrected chi connectivity index (χ4v) is 4.43. The number of nitrogens with zero attached hydrogens (tertiary/aromatic N) is 2. The van der Waals surface area contributed by atoms with Crippen LogP contribution in [0.2, 0.25) is 30.1 Å². The van der Waals surface area contributed by atoms with E-state index in [4.69, 9.17) is 69.6 Å². The first-order valence-corrected chi connectivity index (χ1v) is 11.4. The summed E-state index contributed by atoms with van der Waals surface area (Å²) in [6, 6.07) is 3.85. The second kappa shape index (κ2) is 9.92. The lowest BCUT2D eigenvalue weighted by atomic mass is 10.3. The van der Waals surface area contributed by atoms with Gasteiger partial charge in [-0.25, -0.2) is 9.59 Å². The van der Waals surface area contributed by atoms with Gasteiger partial charge >= 0.3 is 32.8 Å². The Bertz CT molecular complexity index is 1280. The number of amides is 2. The normalized spacial score (nSPS) is 10.5. The fourth-order valence-electron chi connectivity index (χ4n) is 2.02. The molecule has 0 aliphatic heterocycles. The van der Waals surface area contributed by atoms with E-state index in [2.05, 4.69) is 0 Å². The smallest absolute Gasteiger partial charge is 0.201 e. The maximum atomic E-state index is 12.6. The maximum absolute atomic E-state index is 12.6. The third-order valence-electron chi connectivity index (χ3n) is 3.27. The summed E-state index contributed by atoms with van der Waals surface area (Å²) in [6.07, 6.45) is 0. The van der Waals surface area contributed by atoms with Gasteiger partial charge in [-0.3, -0.25) is 0 Å². The minimum absolute atomic E-state index is 0.0642. The van der Waals surface area contributed by atoms with Crippen LogP contribution in [0.3, 0.4) is 0 Å². The van der Waals surface area contributed by atoms with Gasteiger partial charge < -0.3 is 0 Å². The van der Waals surface area contributed by atoms with Gasteiger partial charge in [-0.1, -0.05) is 69.6 Å². The summed E-state index contributed by atoms with van der Waals surface area (Å²) in [4.78, 5) is 25.3. The minimum atomic E-state index is -3.41. The van der Waals surface area contributed by atoms with E-state index < -0.39 is 44.2 Å². The highest BCUT2D eigenvalue weighted by atomic mass is 35.5. The summed E-state index contributed by atoms with van der Waals surface area (Å²) < 4.78 is 46.5. The lowest BCUT2D eigenvalue weighted by Crippen LogP contribution is -2.32. The molecule has 0 saturated heterocycles. The second-order valence-corrected chi connectivity index (χ2v) is 9.11. The lowest BCUT2D eigenvalue weighted by Gasteiger charge is -2.01. The van der Waals surface area contributed by atoms with Crippen LogP contribution < -0.4 is 0 Å². The Kier molecular flexibility index (Phi) is 8.28. The van der Waals surface area contributed by atoms with Crippen molar-refractivity contribution in [2.75, 3.05) is 0 Å². The van der Waals surface area contributed by atoms with Crippen molar-refractivity contribution < 1.29 is 34.3 Å². The van der Waals surface area contributed by atoms with Gasteiger partial charge in [0.15, 0.2) is 0 Å². The molecule has 2 rings (SSSR count). The highest BCUT2D eigenvalue weighted by molar-refractivity contribution is 7.59. The monoisotopic (exact) mass is 570 g/mol. The van der Waals surface area contributed by atoms with Crippen LogP contribution in [0, 0.1) is 0 Å². The topological polar surface area (TPSA) is 108 Å². The molecule has 0 unspecified atom stereocenters. The van der Waals surface area contributed by atoms with Gasteiger partial charge in [0.25, 0.3) is 11.4 Å². The first-order chi connectivity index (χ1) is 13.9. The van der Waals surface area contributed by atoms with E-state index in [1.165, 1.54) is 0 Å². The lowest BCUT2D eigenvalue weighted by molar-refractivity contribution is -0.382. The molecule has 0 atom stereocenters. The van der Waals surface area contributed by atoms with E-state index in [9.17, 15) is 26.4 Å². The zero-order valence-electron chi connectivity index (χ0n) is 13.7. The van der Waals surface area contributed by atoms with Gasteiger partial charge in [0.05, 0.1) is 20.1 Å². The average molecular weight is 573 g/mol. The molecule has 0 radical (unpaired) electrons. The van der Waals surface area contributed by atoms with Gasteiger partial charge in [-0.2, -0.15) is 0 Å². The van der Waals surface area contributed by atoms with E-state index in [0.717, 1.165) is 24.3 Å². The average Bonchev–Trinajstić information content (AvgIpc) is 2.63. The zero-order chi connectivity index (χ0) is 22.9. The fraction of sp³-hybridized carbons (Fsp3) is 0. The van der Waals surface area contributed by atoms with Crippen LogP contribution >= 0.6 is 69.6 Å². The van der Waals surface area contributed by atoms with E-state index in [0.29, 0.717) is 0 Å². The Hall–Kier alpha value is -1.24. The van der Waals surface area contributed by atoms with Crippen LogP contribution in [-0.4, -0.2) is 36.5 Å². The summed E-state index contributed by atoms with van der Waals surface area (Å²) in [5.74, 6) is -3.65. The van der Waals surface area contributed by atoms with Crippen molar-refractivity contribution in [3.63, 3.8) is 0 Å². The molecule has 0 N–H and O–H groups in total. The highest BCUT2D eigenvalue weighted by Gasteiger charge is 2.46. The molecule has 30 heavy (non-hydrogen) atoms. The van der Waals surface area contributed by atoms with E-state index in [1.807, 2.05) is 0 Å². The quantitative estimate of drug-likeness (QED) is 0.291. The van der Waals surface area contributed by atoms with Crippen molar-refractivity contribution in [1.82, 2.24) is 0 Å². The van der Waals surface area contributed by atoms with Gasteiger partial charge in [-0.15, -0.1) is 16.8 Å². The molecular weight excluding hydrogens is 569 g/mol. The molecule has 2 aromatic rings. The van der Waals surface area contributed by atoms with Crippen molar-refractivity contribution in [2.45, 2.75) is 0 Å². The Morgan fingerprint density at radius 3 is 1.07 bits per heavy atom. The molecule has 0 fully saturated rings. The molecule has 0 bridgehead atoms. The first-order valence-electron chi connectivity index (χ1n) is 7.03. The third kappa shape index (κ3) is 5.14. The first kappa shape index (κ1) is 25.0. The van der Waals surface area contributed by atoms with Gasteiger partial charge in [-0.05, 0) is 12.1 Å². The number of hydrogen-bond donors (Lipinski definition) is 0. The van der Waals surface area contributed by atoms with Crippen molar-refractivity contribution in [3.8, 4) is 0 Å². The summed E-state index contributed by atoms with van der Waals surface area (Å²) in [7, 11) is -6.82. The minimum Gasteiger partial charge on any atom is -0.201 e. The number of carbonyl (C=O) groups excluding carboxylic acids is 2. The molecule has 0 aliphatic rings. The van der Waals surface area contributed by atoms with Crippen LogP contribution in [0.5, 0.6) is 0 Å². The molecule has 0 saturated carbocycles. The molecule has 0 aromatic heterocycles. The molecule has 158 valence electrons. The summed E-state index contributed by atoms with van der Waals surface area (Å²) >= 11 is 34.9. The van der Waals surface area contributed by atoms with E-state index >= 15 is 0 Å². The SMILES string of the molecule is O=C(C(=O)[N+](c1cc(Cl)c(Cl)cc1Cl)=S(=O)=O)[N+](c1cc(Cl)c(Cl)cc1Cl)=S(=O)=O. The second-order valence-electron chi connectivity index (χ2n) is 5.07. The number of hydrogen-bond acceptors (Lipinski definition) is 6. The largest absolute Gasteiger partial charge is 0.554 e. The Morgan fingerprint density at radius 1 is 0.533 bits per heavy atom. The number of rotatable bonds is 2. The molecular formula is C14H4Cl6N2O6S2+2. The zero-order valence-corrected chi connectivity index (χ0v) is 19.9. The molecule has 0 heterocycles. The van der Waals surface area contributed by atoms with Crippen molar-refractivity contribution in [2.24, 2.45) is 0 Å². The molecule has 2 aromatic carbocycles.